The number of fused-ring (bicyclic) bond motifs is 1. The van der Waals surface area contributed by atoms with Crippen LogP contribution in [0.3, 0.4) is 0 Å². The number of esters is 1. The van der Waals surface area contributed by atoms with Gasteiger partial charge in [-0.2, -0.15) is 0 Å². The quantitative estimate of drug-likeness (QED) is 0.268. The van der Waals surface area contributed by atoms with Crippen LogP contribution in [-0.4, -0.2) is 27.6 Å². The summed E-state index contributed by atoms with van der Waals surface area (Å²) >= 11 is 6.33. The van der Waals surface area contributed by atoms with E-state index in [1.165, 1.54) is 13.2 Å². The lowest BCUT2D eigenvalue weighted by Crippen LogP contribution is -2.03. The molecule has 0 aliphatic heterocycles. The maximum absolute atomic E-state index is 11.9. The van der Waals surface area contributed by atoms with E-state index < -0.39 is 10.9 Å². The number of hydrogen-bond acceptors (Lipinski definition) is 6. The fourth-order valence-electron chi connectivity index (χ4n) is 3.13. The van der Waals surface area contributed by atoms with Crippen LogP contribution in [0.2, 0.25) is 5.02 Å². The topological polar surface area (TPSA) is 100 Å². The molecule has 2 heterocycles. The van der Waals surface area contributed by atoms with Gasteiger partial charge in [0, 0.05) is 11.6 Å². The Morgan fingerprint density at radius 2 is 2.10 bits per heavy atom. The molecule has 2 aromatic carbocycles. The number of nitrogens with zero attached hydrogens (tertiary/aromatic N) is 3. The normalized spacial score (nSPS) is 11.0. The van der Waals surface area contributed by atoms with E-state index in [1.54, 1.807) is 42.7 Å². The van der Waals surface area contributed by atoms with Crippen molar-refractivity contribution < 1.29 is 18.9 Å². The lowest BCUT2D eigenvalue weighted by molar-refractivity contribution is -0.384. The molecule has 2 aromatic heterocycles. The maximum atomic E-state index is 11.9. The number of imidazole rings is 1. The molecular weight excluding hydrogens is 398 g/mol. The third-order valence-electron chi connectivity index (χ3n) is 4.48. The van der Waals surface area contributed by atoms with Crippen LogP contribution in [0.4, 0.5) is 5.69 Å². The van der Waals surface area contributed by atoms with Crippen molar-refractivity contribution in [2.24, 2.45) is 0 Å². The van der Waals surface area contributed by atoms with Crippen molar-refractivity contribution in [2.45, 2.75) is 6.54 Å². The number of halogens is 1. The van der Waals surface area contributed by atoms with Crippen LogP contribution in [0, 0.1) is 10.1 Å². The molecule has 0 radical (unpaired) electrons. The zero-order valence-corrected chi connectivity index (χ0v) is 15.9. The standard InChI is InChI=1S/C20H14ClN3O5/c1-28-20(25)12-7-8-16-15(10-12)22-19(23(16)11-13-4-3-9-29-13)14-5-2-6-17(18(14)21)24(26)27/h2-10H,11H2,1H3. The maximum Gasteiger partial charge on any atom is 0.337 e. The van der Waals surface area contributed by atoms with Crippen molar-refractivity contribution in [1.82, 2.24) is 9.55 Å². The van der Waals surface area contributed by atoms with Gasteiger partial charge in [0.05, 0.1) is 41.4 Å². The molecule has 0 unspecified atom stereocenters. The van der Waals surface area contributed by atoms with Gasteiger partial charge in [0.1, 0.15) is 16.6 Å². The van der Waals surface area contributed by atoms with E-state index >= 15 is 0 Å². The summed E-state index contributed by atoms with van der Waals surface area (Å²) in [4.78, 5) is 27.2. The van der Waals surface area contributed by atoms with Crippen molar-refractivity contribution in [3.8, 4) is 11.4 Å². The molecule has 0 spiro atoms. The van der Waals surface area contributed by atoms with Crippen LogP contribution < -0.4 is 0 Å². The highest BCUT2D eigenvalue weighted by Crippen LogP contribution is 2.36. The summed E-state index contributed by atoms with van der Waals surface area (Å²) in [5.74, 6) is 0.610. The van der Waals surface area contributed by atoms with E-state index in [-0.39, 0.29) is 10.7 Å². The number of methoxy groups -OCH3 is 1. The molecule has 0 aliphatic rings. The number of nitro groups is 1. The van der Waals surface area contributed by atoms with Gasteiger partial charge in [0.25, 0.3) is 5.69 Å². The van der Waals surface area contributed by atoms with Crippen LogP contribution in [0.1, 0.15) is 16.1 Å². The lowest BCUT2D eigenvalue weighted by atomic mass is 10.2. The molecule has 4 rings (SSSR count). The van der Waals surface area contributed by atoms with Crippen LogP contribution in [0.15, 0.2) is 59.2 Å². The first-order valence-electron chi connectivity index (χ1n) is 8.54. The Balaban J connectivity index is 1.95. The number of aromatic nitrogens is 2. The van der Waals surface area contributed by atoms with E-state index in [0.717, 1.165) is 0 Å². The van der Waals surface area contributed by atoms with Gasteiger partial charge in [0.2, 0.25) is 0 Å². The average molecular weight is 412 g/mol. The van der Waals surface area contributed by atoms with Crippen molar-refractivity contribution in [2.75, 3.05) is 7.11 Å². The highest BCUT2D eigenvalue weighted by Gasteiger charge is 2.22. The SMILES string of the molecule is COC(=O)c1ccc2c(c1)nc(-c1cccc([N+](=O)[O-])c1Cl)n2Cc1ccco1. The minimum absolute atomic E-state index is 0.0123. The highest BCUT2D eigenvalue weighted by molar-refractivity contribution is 6.35. The van der Waals surface area contributed by atoms with Crippen molar-refractivity contribution in [3.63, 3.8) is 0 Å². The first-order chi connectivity index (χ1) is 14.0. The third kappa shape index (κ3) is 3.34. The first kappa shape index (κ1) is 18.7. The Morgan fingerprint density at radius 3 is 2.79 bits per heavy atom. The second kappa shape index (κ2) is 7.40. The smallest absolute Gasteiger partial charge is 0.337 e. The molecule has 146 valence electrons. The number of rotatable bonds is 5. The van der Waals surface area contributed by atoms with E-state index in [0.29, 0.717) is 40.3 Å². The summed E-state index contributed by atoms with van der Waals surface area (Å²) in [5.41, 5.74) is 1.78. The Bertz CT molecular complexity index is 1230. The van der Waals surface area contributed by atoms with Crippen molar-refractivity contribution >= 4 is 34.3 Å². The first-order valence-corrected chi connectivity index (χ1v) is 8.91. The number of nitro benzene ring substituents is 1. The fourth-order valence-corrected chi connectivity index (χ4v) is 3.41. The Kier molecular flexibility index (Phi) is 4.77. The minimum atomic E-state index is -0.541. The lowest BCUT2D eigenvalue weighted by Gasteiger charge is -2.09. The van der Waals surface area contributed by atoms with Crippen LogP contribution >= 0.6 is 11.6 Å². The van der Waals surface area contributed by atoms with Gasteiger partial charge in [-0.1, -0.05) is 17.7 Å². The van der Waals surface area contributed by atoms with Crippen LogP contribution in [0.5, 0.6) is 0 Å². The molecule has 4 aromatic rings. The molecule has 8 nitrogen and oxygen atoms in total. The van der Waals surface area contributed by atoms with Crippen LogP contribution in [-0.2, 0) is 11.3 Å². The molecule has 0 bridgehead atoms. The fraction of sp³-hybridized carbons (Fsp3) is 0.100. The van der Waals surface area contributed by atoms with Gasteiger partial charge in [-0.05, 0) is 36.4 Å². The van der Waals surface area contributed by atoms with Crippen molar-refractivity contribution in [1.29, 1.82) is 0 Å². The molecule has 0 atom stereocenters. The van der Waals surface area contributed by atoms with Gasteiger partial charge in [-0.15, -0.1) is 0 Å². The van der Waals surface area contributed by atoms with E-state index in [2.05, 4.69) is 4.98 Å². The van der Waals surface area contributed by atoms with Gasteiger partial charge in [-0.3, -0.25) is 10.1 Å². The summed E-state index contributed by atoms with van der Waals surface area (Å²) in [6.07, 6.45) is 1.56. The van der Waals surface area contributed by atoms with E-state index in [1.807, 2.05) is 10.6 Å². The highest BCUT2D eigenvalue weighted by atomic mass is 35.5. The van der Waals surface area contributed by atoms with Gasteiger partial charge in [0.15, 0.2) is 0 Å². The molecule has 0 fully saturated rings. The molecular formula is C20H14ClN3O5. The molecule has 0 amide bonds. The zero-order valence-electron chi connectivity index (χ0n) is 15.2. The van der Waals surface area contributed by atoms with Gasteiger partial charge >= 0.3 is 5.97 Å². The second-order valence-corrected chi connectivity index (χ2v) is 6.57. The van der Waals surface area contributed by atoms with Crippen molar-refractivity contribution in [3.05, 3.63) is 81.3 Å². The number of benzene rings is 2. The monoisotopic (exact) mass is 411 g/mol. The minimum Gasteiger partial charge on any atom is -0.467 e. The summed E-state index contributed by atoms with van der Waals surface area (Å²) in [6.45, 7) is 0.329. The van der Waals surface area contributed by atoms with E-state index in [9.17, 15) is 14.9 Å². The zero-order chi connectivity index (χ0) is 20.5. The van der Waals surface area contributed by atoms with E-state index in [4.69, 9.17) is 20.8 Å². The molecule has 0 N–H and O–H groups in total. The summed E-state index contributed by atoms with van der Waals surface area (Å²) in [5, 5.41) is 11.3. The predicted octanol–water partition coefficient (Wildman–Crippen LogP) is 4.69. The molecule has 0 aliphatic carbocycles. The summed E-state index contributed by atoms with van der Waals surface area (Å²) in [6, 6.07) is 13.1. The average Bonchev–Trinajstić information content (AvgIpc) is 3.35. The van der Waals surface area contributed by atoms with Crippen LogP contribution in [0.25, 0.3) is 22.4 Å². The Hall–Kier alpha value is -3.65. The number of carbonyl (C=O) groups is 1. The number of furan rings is 1. The predicted molar refractivity (Wildman–Crippen MR) is 106 cm³/mol. The number of ether oxygens (including phenoxy) is 1. The number of hydrogen-bond donors (Lipinski definition) is 0. The number of carbonyl (C=O) groups excluding carboxylic acids is 1. The second-order valence-electron chi connectivity index (χ2n) is 6.19. The molecule has 0 saturated carbocycles. The summed E-state index contributed by atoms with van der Waals surface area (Å²) < 4.78 is 12.1. The Labute approximate surface area is 169 Å². The van der Waals surface area contributed by atoms with Gasteiger partial charge < -0.3 is 13.7 Å². The largest absolute Gasteiger partial charge is 0.467 e. The third-order valence-corrected chi connectivity index (χ3v) is 4.88. The van der Waals surface area contributed by atoms with Gasteiger partial charge in [-0.25, -0.2) is 9.78 Å². The Morgan fingerprint density at radius 1 is 1.28 bits per heavy atom. The molecule has 9 heteroatoms. The molecule has 0 saturated heterocycles. The molecule has 29 heavy (non-hydrogen) atoms. The summed E-state index contributed by atoms with van der Waals surface area (Å²) in [7, 11) is 1.30.